The fourth-order valence-electron chi connectivity index (χ4n) is 9.88. The summed E-state index contributed by atoms with van der Waals surface area (Å²) in [6.45, 7) is 8.31. The third-order valence-electron chi connectivity index (χ3n) is 12.9. The Morgan fingerprint density at radius 1 is 0.836 bits per heavy atom. The molecule has 0 bridgehead atoms. The molecule has 0 saturated carbocycles. The predicted molar refractivity (Wildman–Crippen MR) is 208 cm³/mol. The van der Waals surface area contributed by atoms with E-state index in [9.17, 15) is 19.5 Å². The number of pyridine rings is 1. The number of hydrogen-bond donors (Lipinski definition) is 2. The Balaban J connectivity index is 0.768. The number of aromatic hydroxyl groups is 1. The van der Waals surface area contributed by atoms with Gasteiger partial charge in [0, 0.05) is 94.4 Å². The second-order valence-electron chi connectivity index (χ2n) is 16.5. The molecule has 2 N–H and O–H groups in total. The number of amides is 3. The molecule has 2 aromatic heterocycles. The smallest absolute Gasteiger partial charge is 0.234 e. The summed E-state index contributed by atoms with van der Waals surface area (Å²) < 4.78 is 0. The number of rotatable bonds is 8. The number of carbonyl (C=O) groups is 3. The third kappa shape index (κ3) is 6.81. The predicted octanol–water partition coefficient (Wildman–Crippen LogP) is 4.36. The summed E-state index contributed by atoms with van der Waals surface area (Å²) in [5, 5.41) is 21.4. The van der Waals surface area contributed by atoms with Crippen LogP contribution in [0.4, 0.5) is 11.4 Å². The number of aromatic nitrogens is 3. The molecule has 5 aliphatic rings. The largest absolute Gasteiger partial charge is 0.507 e. The topological polar surface area (TPSA) is 135 Å². The van der Waals surface area contributed by atoms with E-state index < -0.39 is 5.41 Å². The highest BCUT2D eigenvalue weighted by molar-refractivity contribution is 6.01. The third-order valence-corrected chi connectivity index (χ3v) is 12.9. The van der Waals surface area contributed by atoms with Crippen LogP contribution in [0.3, 0.4) is 0 Å². The number of imide groups is 1. The van der Waals surface area contributed by atoms with Gasteiger partial charge >= 0.3 is 0 Å². The number of para-hydroxylation sites is 1. The highest BCUT2D eigenvalue weighted by Crippen LogP contribution is 2.46. The first-order valence-corrected chi connectivity index (χ1v) is 19.7. The molecule has 2 aromatic carbocycles. The van der Waals surface area contributed by atoms with Crippen LogP contribution < -0.4 is 15.1 Å². The van der Waals surface area contributed by atoms with Crippen molar-refractivity contribution < 1.29 is 19.5 Å². The van der Waals surface area contributed by atoms with Crippen LogP contribution in [-0.4, -0.2) is 107 Å². The van der Waals surface area contributed by atoms with Crippen LogP contribution in [-0.2, 0) is 19.8 Å². The van der Waals surface area contributed by atoms with Crippen LogP contribution in [0.5, 0.6) is 5.75 Å². The van der Waals surface area contributed by atoms with Crippen LogP contribution in [0.25, 0.3) is 11.3 Å². The van der Waals surface area contributed by atoms with E-state index in [0.717, 1.165) is 75.5 Å². The molecule has 1 spiro atoms. The maximum atomic E-state index is 14.5. The first-order valence-electron chi connectivity index (χ1n) is 19.7. The minimum absolute atomic E-state index is 0.172. The summed E-state index contributed by atoms with van der Waals surface area (Å²) >= 11 is 0. The Labute approximate surface area is 321 Å². The van der Waals surface area contributed by atoms with Crippen molar-refractivity contribution in [3.8, 4) is 17.0 Å². The number of piperidine rings is 3. The summed E-state index contributed by atoms with van der Waals surface area (Å²) in [5.74, 6) is 0.446. The van der Waals surface area contributed by atoms with Crippen molar-refractivity contribution in [2.45, 2.75) is 49.9 Å². The summed E-state index contributed by atoms with van der Waals surface area (Å²) in [7, 11) is 0. The lowest BCUT2D eigenvalue weighted by atomic mass is 9.67. The standard InChI is InChI=1S/C43H48N8O4/c52-38-6-2-1-5-36(38)37-22-34(24-45-47-37)50-20-15-43(16-21-50,32-4-3-17-44-23-32)41(55)51-28-42(29-51)26-48(27-42)25-30-13-18-49(19-14-30)33-9-7-31(8-10-33)35-11-12-39(53)46-40(35)54/h1-10,17,22-24,30,35,52H,11-16,18-21,25-29H2,(H,46,53,54)/t35-/m0/s1. The van der Waals surface area contributed by atoms with Crippen LogP contribution in [0.1, 0.15) is 55.6 Å². The van der Waals surface area contributed by atoms with Crippen LogP contribution >= 0.6 is 0 Å². The lowest BCUT2D eigenvalue weighted by molar-refractivity contribution is -0.166. The first-order chi connectivity index (χ1) is 26.8. The minimum Gasteiger partial charge on any atom is -0.507 e. The molecular formula is C43H48N8O4. The lowest BCUT2D eigenvalue weighted by Gasteiger charge is -2.62. The summed E-state index contributed by atoms with van der Waals surface area (Å²) in [6.07, 6.45) is 10.0. The van der Waals surface area contributed by atoms with Gasteiger partial charge in [0.2, 0.25) is 17.7 Å². The second kappa shape index (κ2) is 14.4. The molecule has 3 amide bonds. The van der Waals surface area contributed by atoms with E-state index in [0.29, 0.717) is 55.9 Å². The molecule has 284 valence electrons. The minimum atomic E-state index is -0.615. The number of anilines is 2. The molecule has 1 atom stereocenters. The van der Waals surface area contributed by atoms with E-state index in [1.807, 2.05) is 42.6 Å². The Morgan fingerprint density at radius 3 is 2.29 bits per heavy atom. The van der Waals surface area contributed by atoms with Gasteiger partial charge in [-0.05, 0) is 85.5 Å². The summed E-state index contributed by atoms with van der Waals surface area (Å²) in [5.41, 5.74) is 4.96. The Morgan fingerprint density at radius 2 is 1.58 bits per heavy atom. The maximum absolute atomic E-state index is 14.5. The van der Waals surface area contributed by atoms with Crippen molar-refractivity contribution >= 4 is 29.1 Å². The van der Waals surface area contributed by atoms with E-state index in [1.165, 1.54) is 5.69 Å². The molecule has 5 saturated heterocycles. The number of carbonyl (C=O) groups excluding carboxylic acids is 3. The van der Waals surface area contributed by atoms with Crippen molar-refractivity contribution in [2.75, 3.05) is 68.7 Å². The SMILES string of the molecule is O=C1CC[C@@H](c2ccc(N3CCC(CN4CC5(C4)CN(C(=O)C4(c6cccnc6)CCN(c6cnnc(-c7ccccc7O)c6)CC4)C5)CC3)cc2)C(=O)N1. The van der Waals surface area contributed by atoms with Crippen LogP contribution in [0.2, 0.25) is 0 Å². The van der Waals surface area contributed by atoms with E-state index in [-0.39, 0.29) is 34.8 Å². The first kappa shape index (κ1) is 35.3. The highest BCUT2D eigenvalue weighted by Gasteiger charge is 2.56. The Hall–Kier alpha value is -5.36. The van der Waals surface area contributed by atoms with Gasteiger partial charge in [0.1, 0.15) is 5.75 Å². The van der Waals surface area contributed by atoms with Crippen molar-refractivity contribution in [2.24, 2.45) is 11.3 Å². The zero-order valence-electron chi connectivity index (χ0n) is 31.1. The fraction of sp³-hybridized carbons (Fsp3) is 0.442. The quantitative estimate of drug-likeness (QED) is 0.251. The van der Waals surface area contributed by atoms with E-state index in [4.69, 9.17) is 0 Å². The fourth-order valence-corrected chi connectivity index (χ4v) is 9.88. The molecule has 0 unspecified atom stereocenters. The zero-order valence-corrected chi connectivity index (χ0v) is 31.1. The molecule has 0 radical (unpaired) electrons. The number of likely N-dealkylation sites (tertiary alicyclic amines) is 2. The van der Waals surface area contributed by atoms with Crippen LogP contribution in [0, 0.1) is 11.3 Å². The molecule has 7 heterocycles. The highest BCUT2D eigenvalue weighted by atomic mass is 16.3. The van der Waals surface area contributed by atoms with Gasteiger partial charge in [0.25, 0.3) is 0 Å². The number of nitrogens with one attached hydrogen (secondary N) is 1. The van der Waals surface area contributed by atoms with Crippen molar-refractivity contribution in [1.82, 2.24) is 30.3 Å². The van der Waals surface area contributed by atoms with E-state index in [2.05, 4.69) is 58.3 Å². The molecule has 55 heavy (non-hydrogen) atoms. The van der Waals surface area contributed by atoms with Gasteiger partial charge in [-0.1, -0.05) is 30.3 Å². The van der Waals surface area contributed by atoms with Gasteiger partial charge in [0.15, 0.2) is 0 Å². The van der Waals surface area contributed by atoms with Crippen molar-refractivity contribution in [3.63, 3.8) is 0 Å². The normalized spacial score (nSPS) is 22.5. The summed E-state index contributed by atoms with van der Waals surface area (Å²) in [6, 6.07) is 21.5. The molecule has 12 nitrogen and oxygen atoms in total. The zero-order chi connectivity index (χ0) is 37.6. The maximum Gasteiger partial charge on any atom is 0.234 e. The number of phenols is 1. The van der Waals surface area contributed by atoms with Gasteiger partial charge in [-0.15, -0.1) is 0 Å². The average Bonchev–Trinajstić information content (AvgIpc) is 3.19. The number of benzene rings is 2. The average molecular weight is 741 g/mol. The summed E-state index contributed by atoms with van der Waals surface area (Å²) in [4.78, 5) is 52.2. The molecule has 12 heteroatoms. The van der Waals surface area contributed by atoms with Crippen molar-refractivity contribution in [1.29, 1.82) is 0 Å². The molecule has 5 fully saturated rings. The molecule has 4 aromatic rings. The number of phenolic OH excluding ortho intramolecular Hbond substituents is 1. The van der Waals surface area contributed by atoms with Crippen LogP contribution in [0.15, 0.2) is 85.3 Å². The molecule has 0 aliphatic carbocycles. The second-order valence-corrected chi connectivity index (χ2v) is 16.5. The molecule has 9 rings (SSSR count). The van der Waals surface area contributed by atoms with Crippen molar-refractivity contribution in [3.05, 3.63) is 96.4 Å². The molecule has 5 aliphatic heterocycles. The van der Waals surface area contributed by atoms with E-state index >= 15 is 0 Å². The lowest BCUT2D eigenvalue weighted by Crippen LogP contribution is -2.74. The number of hydrogen-bond acceptors (Lipinski definition) is 10. The van der Waals surface area contributed by atoms with E-state index in [1.54, 1.807) is 24.5 Å². The molecular weight excluding hydrogens is 693 g/mol. The Kier molecular flexibility index (Phi) is 9.24. The monoisotopic (exact) mass is 740 g/mol. The van der Waals surface area contributed by atoms with Gasteiger partial charge in [0.05, 0.1) is 28.9 Å². The van der Waals surface area contributed by atoms with Gasteiger partial charge in [-0.25, -0.2) is 0 Å². The van der Waals surface area contributed by atoms with Gasteiger partial charge in [-0.3, -0.25) is 24.7 Å². The Bertz CT molecular complexity index is 2050. The van der Waals surface area contributed by atoms with Gasteiger partial charge in [-0.2, -0.15) is 10.2 Å². The van der Waals surface area contributed by atoms with Gasteiger partial charge < -0.3 is 24.7 Å². The number of nitrogens with zero attached hydrogens (tertiary/aromatic N) is 7.